The first-order valence-corrected chi connectivity index (χ1v) is 6.64. The largest absolute Gasteiger partial charge is 0.455 e. The van der Waals surface area contributed by atoms with Gasteiger partial charge in [0.05, 0.1) is 11.1 Å². The van der Waals surface area contributed by atoms with Crippen LogP contribution in [0.3, 0.4) is 0 Å². The summed E-state index contributed by atoms with van der Waals surface area (Å²) in [6.07, 6.45) is -0.556. The third-order valence-electron chi connectivity index (χ3n) is 2.81. The van der Waals surface area contributed by atoms with Crippen LogP contribution in [0.2, 0.25) is 10.0 Å². The molecule has 0 spiro atoms. The fourth-order valence-corrected chi connectivity index (χ4v) is 2.05. The molecule has 0 aliphatic carbocycles. The number of aliphatic hydroxyl groups is 1. The van der Waals surface area contributed by atoms with Gasteiger partial charge in [-0.15, -0.1) is 0 Å². The Morgan fingerprint density at radius 2 is 1.79 bits per heavy atom. The van der Waals surface area contributed by atoms with Crippen molar-refractivity contribution < 1.29 is 9.84 Å². The lowest BCUT2D eigenvalue weighted by Gasteiger charge is -2.12. The predicted molar refractivity (Wildman–Crippen MR) is 78.3 cm³/mol. The Hall–Kier alpha value is -1.22. The van der Waals surface area contributed by atoms with Crippen LogP contribution in [-0.4, -0.2) is 5.11 Å². The maximum absolute atomic E-state index is 9.49. The Morgan fingerprint density at radius 1 is 1.05 bits per heavy atom. The maximum atomic E-state index is 9.49. The molecule has 0 saturated carbocycles. The van der Waals surface area contributed by atoms with Gasteiger partial charge in [0.1, 0.15) is 11.5 Å². The Bertz CT molecular complexity index is 595. The first kappa shape index (κ1) is 14.2. The molecular formula is C15H14Cl2O2. The van der Waals surface area contributed by atoms with E-state index >= 15 is 0 Å². The van der Waals surface area contributed by atoms with Gasteiger partial charge >= 0.3 is 0 Å². The average molecular weight is 297 g/mol. The molecule has 0 aliphatic heterocycles. The lowest BCUT2D eigenvalue weighted by atomic mass is 10.1. The number of aryl methyl sites for hydroxylation is 1. The van der Waals surface area contributed by atoms with E-state index in [2.05, 4.69) is 0 Å². The van der Waals surface area contributed by atoms with Crippen LogP contribution in [0.1, 0.15) is 24.2 Å². The Labute approximate surface area is 122 Å². The molecule has 0 heterocycles. The molecule has 2 aromatic rings. The SMILES string of the molecule is Cc1ccc(Cl)cc1Oc1ccc([C@@H](C)O)cc1Cl. The van der Waals surface area contributed by atoms with Crippen LogP contribution in [0.15, 0.2) is 36.4 Å². The summed E-state index contributed by atoms with van der Waals surface area (Å²) in [5.41, 5.74) is 1.72. The number of hydrogen-bond donors (Lipinski definition) is 1. The second kappa shape index (κ2) is 5.83. The zero-order chi connectivity index (χ0) is 14.0. The monoisotopic (exact) mass is 296 g/mol. The van der Waals surface area contributed by atoms with Gasteiger partial charge in [0.15, 0.2) is 0 Å². The van der Waals surface area contributed by atoms with Gasteiger partial charge in [-0.25, -0.2) is 0 Å². The van der Waals surface area contributed by atoms with Gasteiger partial charge in [0.25, 0.3) is 0 Å². The summed E-state index contributed by atoms with van der Waals surface area (Å²) < 4.78 is 5.76. The summed E-state index contributed by atoms with van der Waals surface area (Å²) in [7, 11) is 0. The normalized spacial score (nSPS) is 12.3. The highest BCUT2D eigenvalue weighted by molar-refractivity contribution is 6.32. The molecule has 19 heavy (non-hydrogen) atoms. The number of rotatable bonds is 3. The molecule has 100 valence electrons. The highest BCUT2D eigenvalue weighted by Gasteiger charge is 2.09. The minimum Gasteiger partial charge on any atom is -0.455 e. The van der Waals surface area contributed by atoms with Crippen molar-refractivity contribution in [3.63, 3.8) is 0 Å². The summed E-state index contributed by atoms with van der Waals surface area (Å²) in [4.78, 5) is 0. The van der Waals surface area contributed by atoms with E-state index in [0.29, 0.717) is 21.5 Å². The van der Waals surface area contributed by atoms with Gasteiger partial charge in [0, 0.05) is 5.02 Å². The van der Waals surface area contributed by atoms with Crippen LogP contribution < -0.4 is 4.74 Å². The van der Waals surface area contributed by atoms with Gasteiger partial charge in [-0.1, -0.05) is 35.3 Å². The second-order valence-corrected chi connectivity index (χ2v) is 5.22. The molecule has 0 fully saturated rings. The molecule has 0 aliphatic rings. The highest BCUT2D eigenvalue weighted by Crippen LogP contribution is 2.34. The van der Waals surface area contributed by atoms with Gasteiger partial charge in [-0.05, 0) is 49.2 Å². The zero-order valence-corrected chi connectivity index (χ0v) is 12.2. The Kier molecular flexibility index (Phi) is 4.35. The van der Waals surface area contributed by atoms with Crippen molar-refractivity contribution in [1.29, 1.82) is 0 Å². The average Bonchev–Trinajstić information content (AvgIpc) is 2.36. The van der Waals surface area contributed by atoms with Crippen LogP contribution >= 0.6 is 23.2 Å². The third-order valence-corrected chi connectivity index (χ3v) is 3.34. The van der Waals surface area contributed by atoms with E-state index in [1.807, 2.05) is 19.1 Å². The minimum atomic E-state index is -0.556. The van der Waals surface area contributed by atoms with E-state index in [0.717, 1.165) is 11.1 Å². The lowest BCUT2D eigenvalue weighted by Crippen LogP contribution is -1.93. The molecule has 2 nitrogen and oxygen atoms in total. The standard InChI is InChI=1S/C15H14Cl2O2/c1-9-3-5-12(16)8-15(9)19-14-6-4-11(10(2)18)7-13(14)17/h3-8,10,18H,1-2H3/t10-/m1/s1. The number of ether oxygens (including phenoxy) is 1. The highest BCUT2D eigenvalue weighted by atomic mass is 35.5. The van der Waals surface area contributed by atoms with Gasteiger partial charge in [0.2, 0.25) is 0 Å². The third kappa shape index (κ3) is 3.41. The first-order valence-electron chi connectivity index (χ1n) is 5.89. The Balaban J connectivity index is 2.31. The fraction of sp³-hybridized carbons (Fsp3) is 0.200. The summed E-state index contributed by atoms with van der Waals surface area (Å²) in [6.45, 7) is 3.62. The van der Waals surface area contributed by atoms with Crippen molar-refractivity contribution in [2.45, 2.75) is 20.0 Å². The van der Waals surface area contributed by atoms with Crippen LogP contribution in [0, 0.1) is 6.92 Å². The van der Waals surface area contributed by atoms with E-state index in [1.54, 1.807) is 31.2 Å². The van der Waals surface area contributed by atoms with Gasteiger partial charge in [-0.3, -0.25) is 0 Å². The fourth-order valence-electron chi connectivity index (χ4n) is 1.66. The molecule has 4 heteroatoms. The van der Waals surface area contributed by atoms with E-state index < -0.39 is 6.10 Å². The topological polar surface area (TPSA) is 29.5 Å². The van der Waals surface area contributed by atoms with E-state index in [4.69, 9.17) is 27.9 Å². The molecule has 0 aromatic heterocycles. The summed E-state index contributed by atoms with van der Waals surface area (Å²) >= 11 is 12.1. The van der Waals surface area contributed by atoms with E-state index in [1.165, 1.54) is 0 Å². The number of hydrogen-bond acceptors (Lipinski definition) is 2. The quantitative estimate of drug-likeness (QED) is 0.849. The van der Waals surface area contributed by atoms with Crippen LogP contribution in [0.4, 0.5) is 0 Å². The van der Waals surface area contributed by atoms with E-state index in [-0.39, 0.29) is 0 Å². The molecule has 1 N–H and O–H groups in total. The van der Waals surface area contributed by atoms with Crippen LogP contribution in [0.25, 0.3) is 0 Å². The van der Waals surface area contributed by atoms with Gasteiger partial charge < -0.3 is 9.84 Å². The molecular weight excluding hydrogens is 283 g/mol. The summed E-state index contributed by atoms with van der Waals surface area (Å²) in [5, 5.41) is 10.6. The second-order valence-electron chi connectivity index (χ2n) is 4.38. The number of halogens is 2. The molecule has 1 atom stereocenters. The molecule has 0 radical (unpaired) electrons. The van der Waals surface area contributed by atoms with Gasteiger partial charge in [-0.2, -0.15) is 0 Å². The smallest absolute Gasteiger partial charge is 0.146 e. The molecule has 2 rings (SSSR count). The zero-order valence-electron chi connectivity index (χ0n) is 10.7. The summed E-state index contributed by atoms with van der Waals surface area (Å²) in [5.74, 6) is 1.20. The minimum absolute atomic E-state index is 0.456. The number of aliphatic hydroxyl groups excluding tert-OH is 1. The van der Waals surface area contributed by atoms with Crippen molar-refractivity contribution in [3.05, 3.63) is 57.6 Å². The predicted octanol–water partition coefficient (Wildman–Crippen LogP) is 5.15. The molecule has 0 saturated heterocycles. The summed E-state index contributed by atoms with van der Waals surface area (Å²) in [6, 6.07) is 10.7. The van der Waals surface area contributed by atoms with Crippen molar-refractivity contribution in [3.8, 4) is 11.5 Å². The lowest BCUT2D eigenvalue weighted by molar-refractivity contribution is 0.199. The van der Waals surface area contributed by atoms with Crippen molar-refractivity contribution in [1.82, 2.24) is 0 Å². The first-order chi connectivity index (χ1) is 8.97. The van der Waals surface area contributed by atoms with Crippen molar-refractivity contribution in [2.24, 2.45) is 0 Å². The van der Waals surface area contributed by atoms with E-state index in [9.17, 15) is 5.11 Å². The van der Waals surface area contributed by atoms with Crippen LogP contribution in [-0.2, 0) is 0 Å². The van der Waals surface area contributed by atoms with Crippen LogP contribution in [0.5, 0.6) is 11.5 Å². The molecule has 0 unspecified atom stereocenters. The molecule has 0 amide bonds. The maximum Gasteiger partial charge on any atom is 0.146 e. The molecule has 0 bridgehead atoms. The Morgan fingerprint density at radius 3 is 2.42 bits per heavy atom. The van der Waals surface area contributed by atoms with Crippen molar-refractivity contribution >= 4 is 23.2 Å². The molecule has 2 aromatic carbocycles. The van der Waals surface area contributed by atoms with Crippen molar-refractivity contribution in [2.75, 3.05) is 0 Å². The number of benzene rings is 2.